The van der Waals surface area contributed by atoms with E-state index in [0.29, 0.717) is 0 Å². The van der Waals surface area contributed by atoms with E-state index in [9.17, 15) is 0 Å². The van der Waals surface area contributed by atoms with Crippen LogP contribution in [-0.4, -0.2) is 9.13 Å². The minimum atomic E-state index is 1.08. The van der Waals surface area contributed by atoms with Crippen molar-refractivity contribution in [3.8, 4) is 78.1 Å². The van der Waals surface area contributed by atoms with Crippen molar-refractivity contribution >= 4 is 110 Å². The molecule has 109 heavy (non-hydrogen) atoms. The molecule has 0 spiro atoms. The van der Waals surface area contributed by atoms with Gasteiger partial charge in [-0.15, -0.1) is 0 Å². The molecule has 18 aromatic carbocycles. The molecule has 0 aliphatic heterocycles. The number of fused-ring (bicyclic) bond motifs is 8. The molecule has 5 heteroatoms. The highest BCUT2D eigenvalue weighted by atomic mass is 79.9. The van der Waals surface area contributed by atoms with Crippen molar-refractivity contribution in [1.29, 1.82) is 0 Å². The van der Waals surface area contributed by atoms with Gasteiger partial charge in [-0.3, -0.25) is 0 Å². The van der Waals surface area contributed by atoms with Crippen molar-refractivity contribution in [3.05, 3.63) is 441 Å². The Hall–Kier alpha value is -13.8. The van der Waals surface area contributed by atoms with Gasteiger partial charge in [0.2, 0.25) is 0 Å². The number of rotatable bonds is 13. The fourth-order valence-corrected chi connectivity index (χ4v) is 15.7. The van der Waals surface area contributed by atoms with E-state index in [-0.39, 0.29) is 0 Å². The van der Waals surface area contributed by atoms with E-state index in [4.69, 9.17) is 0 Å². The van der Waals surface area contributed by atoms with Gasteiger partial charge in [0.25, 0.3) is 0 Å². The number of benzene rings is 18. The summed E-state index contributed by atoms with van der Waals surface area (Å²) in [5.41, 5.74) is 27.4. The molecule has 0 amide bonds. The van der Waals surface area contributed by atoms with Gasteiger partial charge in [-0.05, 0) is 187 Å². The second-order valence-electron chi connectivity index (χ2n) is 27.3. The van der Waals surface area contributed by atoms with Crippen LogP contribution in [0.2, 0.25) is 0 Å². The number of anilines is 5. The van der Waals surface area contributed by atoms with Gasteiger partial charge in [0.15, 0.2) is 0 Å². The summed E-state index contributed by atoms with van der Waals surface area (Å²) >= 11 is 3.50. The molecule has 516 valence electrons. The number of halogens is 1. The smallest absolute Gasteiger partial charge is 0.0541 e. The largest absolute Gasteiger partial charge is 0.355 e. The predicted octanol–water partition coefficient (Wildman–Crippen LogP) is 29.5. The summed E-state index contributed by atoms with van der Waals surface area (Å²) in [6.45, 7) is 0. The van der Waals surface area contributed by atoms with Gasteiger partial charge < -0.3 is 19.4 Å². The third kappa shape index (κ3) is 13.6. The van der Waals surface area contributed by atoms with E-state index in [1.807, 2.05) is 6.07 Å². The van der Waals surface area contributed by atoms with Gasteiger partial charge in [0.05, 0.1) is 27.8 Å². The van der Waals surface area contributed by atoms with Crippen molar-refractivity contribution in [2.45, 2.75) is 0 Å². The molecule has 0 aliphatic rings. The van der Waals surface area contributed by atoms with Gasteiger partial charge in [0, 0.05) is 70.9 Å². The fraction of sp³-hybridized carbons (Fsp3) is 0. The highest BCUT2D eigenvalue weighted by Crippen LogP contribution is 2.44. The lowest BCUT2D eigenvalue weighted by atomic mass is 9.96. The molecule has 0 aliphatic carbocycles. The molecule has 0 radical (unpaired) electrons. The van der Waals surface area contributed by atoms with Crippen LogP contribution in [-0.2, 0) is 0 Å². The average molecular weight is 1460 g/mol. The molecular formula is C104H73BrN4. The first-order valence-electron chi connectivity index (χ1n) is 37.1. The number of hydrogen-bond donors (Lipinski definition) is 1. The first-order valence-corrected chi connectivity index (χ1v) is 37.9. The zero-order valence-electron chi connectivity index (χ0n) is 59.8. The van der Waals surface area contributed by atoms with Crippen LogP contribution in [0.25, 0.3) is 143 Å². The van der Waals surface area contributed by atoms with Crippen molar-refractivity contribution in [2.24, 2.45) is 0 Å². The van der Waals surface area contributed by atoms with Gasteiger partial charge in [-0.25, -0.2) is 0 Å². The Kier molecular flexibility index (Phi) is 18.7. The third-order valence-electron chi connectivity index (χ3n) is 20.8. The minimum Gasteiger partial charge on any atom is -0.355 e. The maximum absolute atomic E-state index is 3.63. The summed E-state index contributed by atoms with van der Waals surface area (Å²) < 4.78 is 5.79. The molecule has 20 rings (SSSR count). The van der Waals surface area contributed by atoms with Crippen LogP contribution in [0.4, 0.5) is 28.4 Å². The van der Waals surface area contributed by atoms with Gasteiger partial charge in [-0.2, -0.15) is 0 Å². The standard InChI is InChI=1S/C52H36N2.C34H25N.C18H12BrN/c1-3-13-37(14-4-1)38-23-25-39(26-24-38)40-27-29-42(30-28-40)53(52-36-35-45(41-15-5-2-6-16-41)46-17-7-8-18-47(46)52)43-31-33-44(34-32-43)54-50-21-11-9-19-48(50)49-20-10-12-22-51(49)54;1-3-9-25(10-4-1)26-15-17-27(18-16-26)28-19-21-30(22-20-28)35-34-24-23-31(29-11-5-2-6-12-29)32-13-7-8-14-33(32)34;19-13-9-11-14(12-10-13)20-17-7-3-1-5-15(17)16-6-2-4-8-18(16)20/h1-36H;1-24,35H;1-12H. The molecule has 0 fully saturated rings. The maximum atomic E-state index is 3.63. The lowest BCUT2D eigenvalue weighted by Gasteiger charge is -2.28. The molecule has 1 N–H and O–H groups in total. The van der Waals surface area contributed by atoms with E-state index in [1.54, 1.807) is 0 Å². The summed E-state index contributed by atoms with van der Waals surface area (Å²) in [5, 5.41) is 13.6. The van der Waals surface area contributed by atoms with Crippen LogP contribution in [0, 0.1) is 0 Å². The van der Waals surface area contributed by atoms with Crippen molar-refractivity contribution in [2.75, 3.05) is 10.2 Å². The van der Waals surface area contributed by atoms with Crippen LogP contribution in [0.3, 0.4) is 0 Å². The summed E-state index contributed by atoms with van der Waals surface area (Å²) in [4.78, 5) is 2.40. The minimum absolute atomic E-state index is 1.08. The summed E-state index contributed by atoms with van der Waals surface area (Å²) in [5.74, 6) is 0. The van der Waals surface area contributed by atoms with Crippen molar-refractivity contribution in [1.82, 2.24) is 9.13 Å². The lowest BCUT2D eigenvalue weighted by Crippen LogP contribution is -2.11. The number of nitrogens with one attached hydrogen (secondary N) is 1. The molecule has 0 atom stereocenters. The molecule has 20 aromatic rings. The average Bonchev–Trinajstić information content (AvgIpc) is 1.28. The molecule has 0 unspecified atom stereocenters. The zero-order valence-corrected chi connectivity index (χ0v) is 61.4. The van der Waals surface area contributed by atoms with Crippen LogP contribution in [0.15, 0.2) is 441 Å². The van der Waals surface area contributed by atoms with E-state index in [0.717, 1.165) is 38.6 Å². The van der Waals surface area contributed by atoms with Crippen molar-refractivity contribution < 1.29 is 0 Å². The quantitative estimate of drug-likeness (QED) is 0.124. The summed E-state index contributed by atoms with van der Waals surface area (Å²) in [7, 11) is 0. The Morgan fingerprint density at radius 1 is 0.202 bits per heavy atom. The predicted molar refractivity (Wildman–Crippen MR) is 468 cm³/mol. The molecule has 2 heterocycles. The lowest BCUT2D eigenvalue weighted by molar-refractivity contribution is 1.17. The molecule has 0 saturated heterocycles. The van der Waals surface area contributed by atoms with E-state index < -0.39 is 0 Å². The van der Waals surface area contributed by atoms with Crippen LogP contribution in [0.5, 0.6) is 0 Å². The fourth-order valence-electron chi connectivity index (χ4n) is 15.5. The summed E-state index contributed by atoms with van der Waals surface area (Å²) in [6.07, 6.45) is 0. The van der Waals surface area contributed by atoms with Gasteiger partial charge in [0.1, 0.15) is 0 Å². The molecule has 0 saturated carbocycles. The Labute approximate surface area is 643 Å². The van der Waals surface area contributed by atoms with Crippen LogP contribution >= 0.6 is 15.9 Å². The Balaban J connectivity index is 0.000000129. The van der Waals surface area contributed by atoms with Crippen LogP contribution in [0.1, 0.15) is 0 Å². The number of para-hydroxylation sites is 4. The monoisotopic (exact) mass is 1460 g/mol. The van der Waals surface area contributed by atoms with E-state index in [2.05, 4.69) is 466 Å². The van der Waals surface area contributed by atoms with Crippen LogP contribution < -0.4 is 10.2 Å². The Morgan fingerprint density at radius 3 is 0.872 bits per heavy atom. The topological polar surface area (TPSA) is 25.1 Å². The van der Waals surface area contributed by atoms with E-state index in [1.165, 1.54) is 138 Å². The molecular weight excluding hydrogens is 1390 g/mol. The Bertz CT molecular complexity index is 6450. The molecule has 2 aromatic heterocycles. The first kappa shape index (κ1) is 67.1. The SMILES string of the molecule is Brc1ccc(-n2c3ccccc3c3ccccc32)cc1.c1ccc(-c2ccc(-c3ccc(N(c4ccc(-n5c6ccccc6c6ccccc65)cc4)c4ccc(-c5ccccc5)c5ccccc45)cc3)cc2)cc1.c1ccc(-c2ccc(-c3ccc(Nc4ccc(-c5ccccc5)c5ccccc45)cc3)cc2)cc1. The third-order valence-corrected chi connectivity index (χ3v) is 21.3. The maximum Gasteiger partial charge on any atom is 0.0541 e. The second-order valence-corrected chi connectivity index (χ2v) is 28.2. The normalized spacial score (nSPS) is 11.2. The summed E-state index contributed by atoms with van der Waals surface area (Å²) in [6, 6.07) is 156. The number of nitrogens with zero attached hydrogens (tertiary/aromatic N) is 3. The van der Waals surface area contributed by atoms with Crippen molar-refractivity contribution in [3.63, 3.8) is 0 Å². The number of hydrogen-bond acceptors (Lipinski definition) is 2. The van der Waals surface area contributed by atoms with Gasteiger partial charge >= 0.3 is 0 Å². The number of aromatic nitrogens is 2. The van der Waals surface area contributed by atoms with E-state index >= 15 is 0 Å². The van der Waals surface area contributed by atoms with Gasteiger partial charge in [-0.1, -0.05) is 344 Å². The molecule has 0 bridgehead atoms. The highest BCUT2D eigenvalue weighted by molar-refractivity contribution is 9.10. The zero-order chi connectivity index (χ0) is 72.8. The molecule has 4 nitrogen and oxygen atoms in total. The second kappa shape index (κ2) is 30.3. The Morgan fingerprint density at radius 2 is 0.477 bits per heavy atom. The first-order chi connectivity index (χ1) is 54.0. The highest BCUT2D eigenvalue weighted by Gasteiger charge is 2.20.